The topological polar surface area (TPSA) is 93.7 Å². The second kappa shape index (κ2) is 14.5. The average Bonchev–Trinajstić information content (AvgIpc) is 3.23. The largest absolute Gasteiger partial charge is 0.416 e. The number of amides is 2. The number of aryl methyl sites for hydroxylation is 1. The second-order valence-electron chi connectivity index (χ2n) is 13.2. The quantitative estimate of drug-likeness (QED) is 0.231. The van der Waals surface area contributed by atoms with Crippen molar-refractivity contribution in [3.05, 3.63) is 82.8 Å². The summed E-state index contributed by atoms with van der Waals surface area (Å²) in [5.41, 5.74) is 3.04. The van der Waals surface area contributed by atoms with Crippen molar-refractivity contribution >= 4 is 31.6 Å². The molecule has 2 aromatic heterocycles. The van der Waals surface area contributed by atoms with Crippen LogP contribution in [-0.4, -0.2) is 56.5 Å². The van der Waals surface area contributed by atoms with Gasteiger partial charge >= 0.3 is 6.18 Å². The van der Waals surface area contributed by atoms with Crippen LogP contribution in [0.5, 0.6) is 0 Å². The fourth-order valence-electron chi connectivity index (χ4n) is 4.89. The number of carbonyl (C=O) groups is 2. The zero-order valence-electron chi connectivity index (χ0n) is 28.0. The van der Waals surface area contributed by atoms with Crippen LogP contribution in [0.15, 0.2) is 66.0 Å². The molecule has 4 rings (SSSR count). The van der Waals surface area contributed by atoms with Gasteiger partial charge in [0.05, 0.1) is 37.3 Å². The molecule has 0 unspecified atom stereocenters. The van der Waals surface area contributed by atoms with Crippen molar-refractivity contribution in [1.82, 2.24) is 9.97 Å². The Kier molecular flexibility index (Phi) is 11.1. The predicted octanol–water partition coefficient (Wildman–Crippen LogP) is 8.20. The molecular formula is C35H43F3N4O4Si. The lowest BCUT2D eigenvalue weighted by molar-refractivity contribution is -0.137. The van der Waals surface area contributed by atoms with Crippen molar-refractivity contribution in [2.45, 2.75) is 71.8 Å². The Morgan fingerprint density at radius 3 is 2.38 bits per heavy atom. The van der Waals surface area contributed by atoms with Crippen LogP contribution in [0.25, 0.3) is 11.1 Å². The molecule has 1 aromatic carbocycles. The monoisotopic (exact) mass is 668 g/mol. The van der Waals surface area contributed by atoms with Crippen LogP contribution in [0.1, 0.15) is 62.2 Å². The van der Waals surface area contributed by atoms with Gasteiger partial charge < -0.3 is 14.5 Å². The highest BCUT2D eigenvalue weighted by Crippen LogP contribution is 2.37. The van der Waals surface area contributed by atoms with Crippen LogP contribution >= 0.6 is 0 Å². The number of hydrogen-bond donors (Lipinski definition) is 1. The number of aromatic nitrogens is 2. The Hall–Kier alpha value is -3.87. The SMILES string of the molecule is CC1=C(C(=O)N(CCO[Si](C)(C)C(C)(C)C)c2ccc(-c3cc(NC(=O)c4cccc(C(F)(F)F)c4)cnc3C)cn2)CCOCC1. The molecule has 1 aliphatic heterocycles. The van der Waals surface area contributed by atoms with Crippen LogP contribution in [0.3, 0.4) is 0 Å². The Morgan fingerprint density at radius 1 is 1.00 bits per heavy atom. The molecule has 47 heavy (non-hydrogen) atoms. The summed E-state index contributed by atoms with van der Waals surface area (Å²) in [6, 6.07) is 9.54. The van der Waals surface area contributed by atoms with Crippen LogP contribution in [-0.2, 0) is 20.1 Å². The van der Waals surface area contributed by atoms with E-state index in [1.54, 1.807) is 30.2 Å². The molecule has 1 N–H and O–H groups in total. The lowest BCUT2D eigenvalue weighted by atomic mass is 10.0. The second-order valence-corrected chi connectivity index (χ2v) is 18.0. The summed E-state index contributed by atoms with van der Waals surface area (Å²) in [4.78, 5) is 37.5. The van der Waals surface area contributed by atoms with E-state index in [4.69, 9.17) is 9.16 Å². The van der Waals surface area contributed by atoms with Gasteiger partial charge in [-0.05, 0) is 74.8 Å². The summed E-state index contributed by atoms with van der Waals surface area (Å²) in [7, 11) is -2.06. The van der Waals surface area contributed by atoms with E-state index < -0.39 is 26.0 Å². The fraction of sp³-hybridized carbons (Fsp3) is 0.429. The summed E-state index contributed by atoms with van der Waals surface area (Å²) < 4.78 is 51.5. The first-order chi connectivity index (χ1) is 22.0. The Balaban J connectivity index is 1.59. The summed E-state index contributed by atoms with van der Waals surface area (Å²) in [6.07, 6.45) is -0.265. The van der Waals surface area contributed by atoms with Crippen molar-refractivity contribution in [3.63, 3.8) is 0 Å². The van der Waals surface area contributed by atoms with Gasteiger partial charge in [0.2, 0.25) is 0 Å². The third-order valence-electron chi connectivity index (χ3n) is 8.85. The van der Waals surface area contributed by atoms with Gasteiger partial charge in [0.15, 0.2) is 8.32 Å². The molecular weight excluding hydrogens is 625 g/mol. The number of rotatable bonds is 9. The molecule has 2 amide bonds. The molecule has 8 nitrogen and oxygen atoms in total. The molecule has 3 aromatic rings. The summed E-state index contributed by atoms with van der Waals surface area (Å²) in [5.74, 6) is -0.337. The van der Waals surface area contributed by atoms with Gasteiger partial charge in [0, 0.05) is 47.1 Å². The fourth-order valence-corrected chi connectivity index (χ4v) is 5.92. The minimum absolute atomic E-state index is 0.0203. The number of benzene rings is 1. The van der Waals surface area contributed by atoms with Crippen molar-refractivity contribution in [1.29, 1.82) is 0 Å². The van der Waals surface area contributed by atoms with Gasteiger partial charge in [-0.2, -0.15) is 13.2 Å². The molecule has 0 aliphatic carbocycles. The molecule has 0 saturated carbocycles. The average molecular weight is 669 g/mol. The van der Waals surface area contributed by atoms with Crippen LogP contribution in [0.4, 0.5) is 24.7 Å². The number of anilines is 2. The molecule has 252 valence electrons. The van der Waals surface area contributed by atoms with E-state index in [0.29, 0.717) is 67.5 Å². The van der Waals surface area contributed by atoms with Gasteiger partial charge in [-0.1, -0.05) is 32.4 Å². The Labute approximate surface area is 275 Å². The Bertz CT molecular complexity index is 1630. The molecule has 0 saturated heterocycles. The van der Waals surface area contributed by atoms with E-state index in [0.717, 1.165) is 23.3 Å². The third kappa shape index (κ3) is 8.94. The van der Waals surface area contributed by atoms with Gasteiger partial charge in [-0.25, -0.2) is 4.98 Å². The van der Waals surface area contributed by atoms with Crippen molar-refractivity contribution < 1.29 is 31.9 Å². The standard InChI is InChI=1S/C35H43F3N4O4Si/c1-23-13-16-45-17-14-29(23)33(44)42(15-18-46-47(6,7)34(3,4)5)31-12-11-26(21-40-31)30-20-28(22-39-24(30)2)41-32(43)25-9-8-10-27(19-25)35(36,37)38/h8-12,19-22H,13-18H2,1-7H3,(H,41,43). The van der Waals surface area contributed by atoms with Crippen LogP contribution in [0, 0.1) is 6.92 Å². The maximum absolute atomic E-state index is 14.0. The first kappa shape index (κ1) is 36.0. The number of pyridine rings is 2. The number of hydrogen-bond acceptors (Lipinski definition) is 6. The maximum Gasteiger partial charge on any atom is 0.416 e. The van der Waals surface area contributed by atoms with Crippen LogP contribution in [0.2, 0.25) is 18.1 Å². The highest BCUT2D eigenvalue weighted by Gasteiger charge is 2.37. The van der Waals surface area contributed by atoms with Gasteiger partial charge in [-0.15, -0.1) is 0 Å². The van der Waals surface area contributed by atoms with E-state index >= 15 is 0 Å². The predicted molar refractivity (Wildman–Crippen MR) is 180 cm³/mol. The number of carbonyl (C=O) groups excluding carboxylic acids is 2. The molecule has 12 heteroatoms. The normalized spacial score (nSPS) is 14.5. The first-order valence-electron chi connectivity index (χ1n) is 15.6. The smallest absolute Gasteiger partial charge is 0.415 e. The molecule has 0 atom stereocenters. The van der Waals surface area contributed by atoms with E-state index in [1.807, 2.05) is 13.0 Å². The van der Waals surface area contributed by atoms with Gasteiger partial charge in [0.25, 0.3) is 11.8 Å². The van der Waals surface area contributed by atoms with Crippen molar-refractivity contribution in [2.24, 2.45) is 0 Å². The van der Waals surface area contributed by atoms with E-state index in [9.17, 15) is 22.8 Å². The van der Waals surface area contributed by atoms with E-state index in [1.165, 1.54) is 18.3 Å². The highest BCUT2D eigenvalue weighted by atomic mass is 28.4. The molecule has 3 heterocycles. The summed E-state index contributed by atoms with van der Waals surface area (Å²) >= 11 is 0. The maximum atomic E-state index is 14.0. The number of nitrogens with one attached hydrogen (secondary N) is 1. The molecule has 0 spiro atoms. The zero-order chi connectivity index (χ0) is 34.6. The van der Waals surface area contributed by atoms with Crippen molar-refractivity contribution in [2.75, 3.05) is 36.6 Å². The zero-order valence-corrected chi connectivity index (χ0v) is 29.0. The molecule has 0 radical (unpaired) electrons. The van der Waals surface area contributed by atoms with E-state index in [-0.39, 0.29) is 16.5 Å². The summed E-state index contributed by atoms with van der Waals surface area (Å²) in [5, 5.41) is 2.66. The summed E-state index contributed by atoms with van der Waals surface area (Å²) in [6.45, 7) is 16.4. The number of nitrogens with zero attached hydrogens (tertiary/aromatic N) is 3. The molecule has 0 bridgehead atoms. The Morgan fingerprint density at radius 2 is 1.72 bits per heavy atom. The minimum Gasteiger partial charge on any atom is -0.415 e. The molecule has 1 aliphatic rings. The number of halogens is 3. The lowest BCUT2D eigenvalue weighted by Gasteiger charge is -2.36. The molecule has 0 fully saturated rings. The van der Waals surface area contributed by atoms with Crippen molar-refractivity contribution in [3.8, 4) is 11.1 Å². The van der Waals surface area contributed by atoms with Crippen LogP contribution < -0.4 is 10.2 Å². The minimum atomic E-state index is -4.56. The van der Waals surface area contributed by atoms with Gasteiger partial charge in [0.1, 0.15) is 5.82 Å². The first-order valence-corrected chi connectivity index (χ1v) is 18.5. The highest BCUT2D eigenvalue weighted by molar-refractivity contribution is 6.74. The van der Waals surface area contributed by atoms with E-state index in [2.05, 4.69) is 49.1 Å². The third-order valence-corrected chi connectivity index (χ3v) is 13.4. The lowest BCUT2D eigenvalue weighted by Crippen LogP contribution is -2.44. The number of ether oxygens (including phenoxy) is 1. The van der Waals surface area contributed by atoms with Gasteiger partial charge in [-0.3, -0.25) is 19.5 Å². The number of alkyl halides is 3.